The molecule has 0 fully saturated rings. The molecule has 3 N–H and O–H groups in total. The van der Waals surface area contributed by atoms with Gasteiger partial charge in [0.1, 0.15) is 0 Å². The Labute approximate surface area is 133 Å². The Kier molecular flexibility index (Phi) is 9.24. The van der Waals surface area contributed by atoms with E-state index in [1.807, 2.05) is 5.38 Å². The molecule has 0 amide bonds. The number of thiophene rings is 1. The largest absolute Gasteiger partial charge is 0.555 e. The molecule has 0 saturated carbocycles. The molecule has 1 aromatic rings. The van der Waals surface area contributed by atoms with Crippen LogP contribution in [0.5, 0.6) is 0 Å². The van der Waals surface area contributed by atoms with Gasteiger partial charge in [-0.05, 0) is 23.8 Å². The van der Waals surface area contributed by atoms with Crippen molar-refractivity contribution in [2.75, 3.05) is 0 Å². The number of aryl methyl sites for hydroxylation is 1. The summed E-state index contributed by atoms with van der Waals surface area (Å²) in [5.74, 6) is 0. The van der Waals surface area contributed by atoms with E-state index in [4.69, 9.17) is 15.1 Å². The standard InChI is InChI=1S/C16H30BO3S/c1-2-3-4-5-6-7-8-9-10-11-12-15-13-16(21-14-15)17(18,19)20/h13-14,18-20H,2-12H2,1H3/q-1. The highest BCUT2D eigenvalue weighted by Gasteiger charge is 2.19. The second-order valence-electron chi connectivity index (χ2n) is 6.02. The first-order chi connectivity index (χ1) is 10.0. The van der Waals surface area contributed by atoms with Crippen LogP contribution in [0.25, 0.3) is 0 Å². The van der Waals surface area contributed by atoms with Gasteiger partial charge >= 0.3 is 6.75 Å². The van der Waals surface area contributed by atoms with Gasteiger partial charge in [0, 0.05) is 0 Å². The maximum Gasteiger partial charge on any atom is 0.412 e. The van der Waals surface area contributed by atoms with Gasteiger partial charge in [0.15, 0.2) is 0 Å². The van der Waals surface area contributed by atoms with Crippen molar-refractivity contribution in [1.29, 1.82) is 0 Å². The molecule has 122 valence electrons. The van der Waals surface area contributed by atoms with Gasteiger partial charge in [0.05, 0.1) is 0 Å². The second kappa shape index (κ2) is 10.4. The third kappa shape index (κ3) is 8.62. The SMILES string of the molecule is CCCCCCCCCCCCc1csc([B-](O)(O)O)c1. The van der Waals surface area contributed by atoms with Crippen LogP contribution in [-0.4, -0.2) is 21.8 Å². The fourth-order valence-electron chi connectivity index (χ4n) is 2.55. The molecule has 0 aromatic carbocycles. The summed E-state index contributed by atoms with van der Waals surface area (Å²) in [6, 6.07) is 1.71. The first-order valence-electron chi connectivity index (χ1n) is 8.43. The smallest absolute Gasteiger partial charge is 0.412 e. The molecule has 1 heterocycles. The summed E-state index contributed by atoms with van der Waals surface area (Å²) in [5.41, 5.74) is 1.10. The van der Waals surface area contributed by atoms with Crippen LogP contribution in [0.1, 0.15) is 76.7 Å². The fourth-order valence-corrected chi connectivity index (χ4v) is 3.42. The molecule has 3 nitrogen and oxygen atoms in total. The van der Waals surface area contributed by atoms with Crippen molar-refractivity contribution < 1.29 is 15.1 Å². The van der Waals surface area contributed by atoms with Crippen LogP contribution in [0.4, 0.5) is 0 Å². The summed E-state index contributed by atoms with van der Waals surface area (Å²) in [4.78, 5) is 0. The molecule has 0 unspecified atom stereocenters. The molecule has 21 heavy (non-hydrogen) atoms. The van der Waals surface area contributed by atoms with Gasteiger partial charge in [0.25, 0.3) is 0 Å². The van der Waals surface area contributed by atoms with Crippen molar-refractivity contribution in [2.45, 2.75) is 77.6 Å². The average molecular weight is 313 g/mol. The Hall–Kier alpha value is -0.355. The molecular formula is C16H30BO3S-. The van der Waals surface area contributed by atoms with Crippen molar-refractivity contribution in [1.82, 2.24) is 0 Å². The van der Waals surface area contributed by atoms with Crippen LogP contribution in [0.2, 0.25) is 0 Å². The van der Waals surface area contributed by atoms with E-state index < -0.39 is 6.75 Å². The Morgan fingerprint density at radius 3 is 1.86 bits per heavy atom. The minimum absolute atomic E-state index is 0.261. The van der Waals surface area contributed by atoms with Crippen molar-refractivity contribution in [3.8, 4) is 0 Å². The molecule has 0 radical (unpaired) electrons. The van der Waals surface area contributed by atoms with E-state index in [-0.39, 0.29) is 4.78 Å². The van der Waals surface area contributed by atoms with Gasteiger partial charge in [0.2, 0.25) is 0 Å². The Morgan fingerprint density at radius 2 is 1.38 bits per heavy atom. The minimum atomic E-state index is -3.31. The normalized spacial score (nSPS) is 12.0. The molecule has 1 aromatic heterocycles. The summed E-state index contributed by atoms with van der Waals surface area (Å²) in [6.45, 7) is -1.06. The maximum absolute atomic E-state index is 9.13. The van der Waals surface area contributed by atoms with Crippen LogP contribution < -0.4 is 4.78 Å². The van der Waals surface area contributed by atoms with Crippen LogP contribution in [-0.2, 0) is 6.42 Å². The number of unbranched alkanes of at least 4 members (excludes halogenated alkanes) is 9. The first-order valence-corrected chi connectivity index (χ1v) is 9.31. The van der Waals surface area contributed by atoms with E-state index >= 15 is 0 Å². The Bertz CT molecular complexity index is 374. The lowest BCUT2D eigenvalue weighted by molar-refractivity contribution is 0.251. The summed E-state index contributed by atoms with van der Waals surface area (Å²) in [5, 5.41) is 29.3. The van der Waals surface area contributed by atoms with Crippen molar-refractivity contribution in [3.05, 3.63) is 17.0 Å². The molecule has 0 saturated heterocycles. The van der Waals surface area contributed by atoms with Crippen molar-refractivity contribution in [2.24, 2.45) is 0 Å². The van der Waals surface area contributed by atoms with E-state index in [1.54, 1.807) is 6.07 Å². The van der Waals surface area contributed by atoms with Gasteiger partial charge in [-0.3, -0.25) is 0 Å². The van der Waals surface area contributed by atoms with Gasteiger partial charge in [-0.25, -0.2) is 0 Å². The molecule has 0 atom stereocenters. The lowest BCUT2D eigenvalue weighted by Gasteiger charge is -2.17. The molecule has 0 aliphatic heterocycles. The fraction of sp³-hybridized carbons (Fsp3) is 0.750. The third-order valence-electron chi connectivity index (χ3n) is 3.87. The monoisotopic (exact) mass is 313 g/mol. The van der Waals surface area contributed by atoms with Gasteiger partial charge in [-0.1, -0.05) is 75.6 Å². The highest BCUT2D eigenvalue weighted by atomic mass is 32.1. The predicted octanol–water partition coefficient (Wildman–Crippen LogP) is 3.33. The number of hydrogen-bond donors (Lipinski definition) is 3. The maximum atomic E-state index is 9.13. The molecule has 0 bridgehead atoms. The summed E-state index contributed by atoms with van der Waals surface area (Å²) < 4.78 is 0.261. The zero-order valence-electron chi connectivity index (χ0n) is 13.3. The van der Waals surface area contributed by atoms with E-state index in [0.29, 0.717) is 0 Å². The number of hydrogen-bond acceptors (Lipinski definition) is 4. The van der Waals surface area contributed by atoms with E-state index in [0.717, 1.165) is 18.4 Å². The zero-order valence-corrected chi connectivity index (χ0v) is 14.1. The van der Waals surface area contributed by atoms with E-state index in [1.165, 1.54) is 69.1 Å². The van der Waals surface area contributed by atoms with E-state index in [2.05, 4.69) is 6.92 Å². The molecule has 5 heteroatoms. The summed E-state index contributed by atoms with van der Waals surface area (Å²) >= 11 is 1.22. The first kappa shape index (κ1) is 18.7. The predicted molar refractivity (Wildman–Crippen MR) is 91.9 cm³/mol. The topological polar surface area (TPSA) is 60.7 Å². The molecular weight excluding hydrogens is 283 g/mol. The van der Waals surface area contributed by atoms with Crippen molar-refractivity contribution >= 4 is 22.9 Å². The molecule has 0 aliphatic carbocycles. The van der Waals surface area contributed by atoms with E-state index in [9.17, 15) is 0 Å². The highest BCUT2D eigenvalue weighted by molar-refractivity contribution is 7.22. The van der Waals surface area contributed by atoms with Crippen LogP contribution in [0.15, 0.2) is 11.4 Å². The van der Waals surface area contributed by atoms with Crippen molar-refractivity contribution in [3.63, 3.8) is 0 Å². The Balaban J connectivity index is 1.98. The quantitative estimate of drug-likeness (QED) is 0.410. The van der Waals surface area contributed by atoms with Gasteiger partial charge in [-0.2, -0.15) is 11.3 Å². The lowest BCUT2D eigenvalue weighted by atomic mass is 9.78. The third-order valence-corrected chi connectivity index (χ3v) is 5.00. The molecule has 1 rings (SSSR count). The van der Waals surface area contributed by atoms with Crippen LogP contribution in [0.3, 0.4) is 0 Å². The second-order valence-corrected chi connectivity index (χ2v) is 6.97. The highest BCUT2D eigenvalue weighted by Crippen LogP contribution is 2.14. The summed E-state index contributed by atoms with van der Waals surface area (Å²) in [7, 11) is 0. The summed E-state index contributed by atoms with van der Waals surface area (Å²) in [6.07, 6.45) is 14.1. The minimum Gasteiger partial charge on any atom is -0.555 e. The van der Waals surface area contributed by atoms with Crippen LogP contribution >= 0.6 is 11.3 Å². The molecule has 0 aliphatic rings. The van der Waals surface area contributed by atoms with Gasteiger partial charge < -0.3 is 15.1 Å². The molecule has 0 spiro atoms. The zero-order chi connectivity index (χ0) is 15.6. The van der Waals surface area contributed by atoms with Gasteiger partial charge in [-0.15, -0.1) is 0 Å². The Morgan fingerprint density at radius 1 is 0.857 bits per heavy atom. The number of rotatable bonds is 12. The average Bonchev–Trinajstić information content (AvgIpc) is 2.90. The lowest BCUT2D eigenvalue weighted by Crippen LogP contribution is -2.47. The van der Waals surface area contributed by atoms with Crippen LogP contribution in [0, 0.1) is 0 Å².